The smallest absolute Gasteiger partial charge is 0.317 e. The Labute approximate surface area is 107 Å². The van der Waals surface area contributed by atoms with Gasteiger partial charge in [0, 0.05) is 32.6 Å². The van der Waals surface area contributed by atoms with Crippen LogP contribution >= 0.6 is 0 Å². The molecule has 3 aliphatic rings. The lowest BCUT2D eigenvalue weighted by atomic mass is 10.0. The van der Waals surface area contributed by atoms with E-state index >= 15 is 0 Å². The molecule has 2 unspecified atom stereocenters. The predicted octanol–water partition coefficient (Wildman–Crippen LogP) is -0.778. The fourth-order valence-electron chi connectivity index (χ4n) is 3.10. The Morgan fingerprint density at radius 2 is 2.22 bits per heavy atom. The number of nitrogens with zero attached hydrogens (tertiary/aromatic N) is 2. The molecule has 3 fully saturated rings. The Kier molecular flexibility index (Phi) is 3.11. The van der Waals surface area contributed by atoms with E-state index in [1.807, 2.05) is 9.80 Å². The molecule has 0 aromatic heterocycles. The first-order chi connectivity index (χ1) is 8.74. The van der Waals surface area contributed by atoms with E-state index in [-0.39, 0.29) is 18.0 Å². The number of carbonyl (C=O) groups excluding carboxylic acids is 2. The molecule has 6 heteroatoms. The number of nitrogens with one attached hydrogen (secondary N) is 2. The standard InChI is InChI=1S/C12H20N4O2/c17-11(5-9-1-2-13-6-9)15-3-4-16-10(8-15)7-14-12(16)18/h9-10,13H,1-8H2,(H,14,18). The maximum Gasteiger partial charge on any atom is 0.317 e. The van der Waals surface area contributed by atoms with Gasteiger partial charge in [0.2, 0.25) is 5.91 Å². The van der Waals surface area contributed by atoms with Gasteiger partial charge in [-0.25, -0.2) is 4.79 Å². The van der Waals surface area contributed by atoms with Gasteiger partial charge >= 0.3 is 6.03 Å². The van der Waals surface area contributed by atoms with Gasteiger partial charge in [0.1, 0.15) is 0 Å². The van der Waals surface area contributed by atoms with Crippen LogP contribution in [0.25, 0.3) is 0 Å². The maximum absolute atomic E-state index is 12.2. The van der Waals surface area contributed by atoms with Gasteiger partial charge < -0.3 is 20.4 Å². The van der Waals surface area contributed by atoms with Gasteiger partial charge in [0.25, 0.3) is 0 Å². The summed E-state index contributed by atoms with van der Waals surface area (Å²) in [5.74, 6) is 0.751. The SMILES string of the molecule is O=C(CC1CCNC1)N1CCN2C(=O)NCC2C1. The zero-order valence-corrected chi connectivity index (χ0v) is 10.5. The van der Waals surface area contributed by atoms with Crippen LogP contribution in [-0.2, 0) is 4.79 Å². The van der Waals surface area contributed by atoms with Gasteiger partial charge in [0.15, 0.2) is 0 Å². The number of urea groups is 1. The van der Waals surface area contributed by atoms with Crippen molar-refractivity contribution in [1.29, 1.82) is 0 Å². The zero-order chi connectivity index (χ0) is 12.5. The van der Waals surface area contributed by atoms with Crippen LogP contribution in [0.15, 0.2) is 0 Å². The highest BCUT2D eigenvalue weighted by molar-refractivity contribution is 5.79. The van der Waals surface area contributed by atoms with Crippen LogP contribution in [0.1, 0.15) is 12.8 Å². The highest BCUT2D eigenvalue weighted by atomic mass is 16.2. The fourth-order valence-corrected chi connectivity index (χ4v) is 3.10. The van der Waals surface area contributed by atoms with Crippen molar-refractivity contribution in [3.8, 4) is 0 Å². The second-order valence-corrected chi connectivity index (χ2v) is 5.44. The van der Waals surface area contributed by atoms with Gasteiger partial charge in [-0.15, -0.1) is 0 Å². The lowest BCUT2D eigenvalue weighted by Gasteiger charge is -2.36. The number of carbonyl (C=O) groups is 2. The maximum atomic E-state index is 12.2. The van der Waals surface area contributed by atoms with E-state index in [0.717, 1.165) is 19.5 Å². The average molecular weight is 252 g/mol. The fraction of sp³-hybridized carbons (Fsp3) is 0.833. The summed E-state index contributed by atoms with van der Waals surface area (Å²) in [6.07, 6.45) is 1.76. The van der Waals surface area contributed by atoms with E-state index in [4.69, 9.17) is 0 Å². The minimum atomic E-state index is 0.0205. The van der Waals surface area contributed by atoms with Gasteiger partial charge in [0.05, 0.1) is 6.04 Å². The molecular formula is C12H20N4O2. The van der Waals surface area contributed by atoms with E-state index < -0.39 is 0 Å². The molecule has 0 spiro atoms. The minimum Gasteiger partial charge on any atom is -0.339 e. The number of fused-ring (bicyclic) bond motifs is 1. The quantitative estimate of drug-likeness (QED) is 0.678. The van der Waals surface area contributed by atoms with Crippen molar-refractivity contribution in [1.82, 2.24) is 20.4 Å². The summed E-state index contributed by atoms with van der Waals surface area (Å²) in [6, 6.07) is 0.198. The molecule has 0 saturated carbocycles. The summed E-state index contributed by atoms with van der Waals surface area (Å²) in [4.78, 5) is 27.4. The molecule has 0 radical (unpaired) electrons. The lowest BCUT2D eigenvalue weighted by molar-refractivity contribution is -0.134. The van der Waals surface area contributed by atoms with Crippen LogP contribution in [0.5, 0.6) is 0 Å². The Hall–Kier alpha value is -1.30. The molecule has 2 atom stereocenters. The lowest BCUT2D eigenvalue weighted by Crippen LogP contribution is -2.54. The molecule has 100 valence electrons. The third kappa shape index (κ3) is 2.16. The molecule has 0 aromatic carbocycles. The van der Waals surface area contributed by atoms with Crippen LogP contribution in [0.3, 0.4) is 0 Å². The third-order valence-electron chi connectivity index (χ3n) is 4.21. The summed E-state index contributed by atoms with van der Waals surface area (Å²) in [5, 5.41) is 6.12. The predicted molar refractivity (Wildman–Crippen MR) is 66.1 cm³/mol. The highest BCUT2D eigenvalue weighted by Crippen LogP contribution is 2.18. The number of amides is 3. The number of piperazine rings is 1. The molecule has 3 saturated heterocycles. The topological polar surface area (TPSA) is 64.7 Å². The summed E-state index contributed by atoms with van der Waals surface area (Å²) >= 11 is 0. The average Bonchev–Trinajstić information content (AvgIpc) is 2.99. The monoisotopic (exact) mass is 252 g/mol. The first-order valence-electron chi connectivity index (χ1n) is 6.77. The van der Waals surface area contributed by atoms with Gasteiger partial charge in [-0.3, -0.25) is 4.79 Å². The first kappa shape index (κ1) is 11.8. The number of hydrogen-bond acceptors (Lipinski definition) is 3. The molecule has 3 amide bonds. The first-order valence-corrected chi connectivity index (χ1v) is 6.77. The zero-order valence-electron chi connectivity index (χ0n) is 10.5. The van der Waals surface area contributed by atoms with E-state index in [9.17, 15) is 9.59 Å². The van der Waals surface area contributed by atoms with Crippen LogP contribution < -0.4 is 10.6 Å². The molecule has 3 heterocycles. The number of hydrogen-bond donors (Lipinski definition) is 2. The van der Waals surface area contributed by atoms with Crippen molar-refractivity contribution in [2.45, 2.75) is 18.9 Å². The molecule has 6 nitrogen and oxygen atoms in total. The molecule has 3 aliphatic heterocycles. The van der Waals surface area contributed by atoms with Crippen LogP contribution in [0.4, 0.5) is 4.79 Å². The van der Waals surface area contributed by atoms with Crippen molar-refractivity contribution in [3.63, 3.8) is 0 Å². The molecule has 0 aromatic rings. The molecule has 2 N–H and O–H groups in total. The largest absolute Gasteiger partial charge is 0.339 e. The summed E-state index contributed by atoms with van der Waals surface area (Å²) < 4.78 is 0. The molecule has 0 bridgehead atoms. The van der Waals surface area contributed by atoms with E-state index in [0.29, 0.717) is 38.5 Å². The van der Waals surface area contributed by atoms with Gasteiger partial charge in [-0.05, 0) is 25.4 Å². The van der Waals surface area contributed by atoms with Crippen molar-refractivity contribution in [2.75, 3.05) is 39.3 Å². The van der Waals surface area contributed by atoms with Crippen molar-refractivity contribution in [3.05, 3.63) is 0 Å². The Balaban J connectivity index is 1.54. The van der Waals surface area contributed by atoms with E-state index in [1.54, 1.807) is 0 Å². The third-order valence-corrected chi connectivity index (χ3v) is 4.21. The van der Waals surface area contributed by atoms with Crippen molar-refractivity contribution >= 4 is 11.9 Å². The highest BCUT2D eigenvalue weighted by Gasteiger charge is 2.37. The van der Waals surface area contributed by atoms with Crippen LogP contribution in [-0.4, -0.2) is 67.0 Å². The Morgan fingerprint density at radius 1 is 1.33 bits per heavy atom. The molecule has 3 rings (SSSR count). The van der Waals surface area contributed by atoms with Crippen LogP contribution in [0, 0.1) is 5.92 Å². The molecular weight excluding hydrogens is 232 g/mol. The Morgan fingerprint density at radius 3 is 3.00 bits per heavy atom. The summed E-state index contributed by atoms with van der Waals surface area (Å²) in [7, 11) is 0. The Bertz CT molecular complexity index is 354. The second kappa shape index (κ2) is 4.76. The van der Waals surface area contributed by atoms with Crippen LogP contribution in [0.2, 0.25) is 0 Å². The number of rotatable bonds is 2. The molecule has 0 aliphatic carbocycles. The van der Waals surface area contributed by atoms with Gasteiger partial charge in [-0.2, -0.15) is 0 Å². The minimum absolute atomic E-state index is 0.0205. The second-order valence-electron chi connectivity index (χ2n) is 5.44. The molecule has 18 heavy (non-hydrogen) atoms. The van der Waals surface area contributed by atoms with Crippen molar-refractivity contribution in [2.24, 2.45) is 5.92 Å². The van der Waals surface area contributed by atoms with Crippen molar-refractivity contribution < 1.29 is 9.59 Å². The van der Waals surface area contributed by atoms with E-state index in [1.165, 1.54) is 0 Å². The van der Waals surface area contributed by atoms with E-state index in [2.05, 4.69) is 10.6 Å². The van der Waals surface area contributed by atoms with Gasteiger partial charge in [-0.1, -0.05) is 0 Å². The normalized spacial score (nSPS) is 31.4. The summed E-state index contributed by atoms with van der Waals surface area (Å²) in [5.41, 5.74) is 0. The summed E-state index contributed by atoms with van der Waals surface area (Å²) in [6.45, 7) is 4.72.